The topological polar surface area (TPSA) is 78.9 Å². The van der Waals surface area contributed by atoms with Gasteiger partial charge in [-0.25, -0.2) is 0 Å². The van der Waals surface area contributed by atoms with Gasteiger partial charge in [0, 0.05) is 14.2 Å². The number of hydrogen-bond acceptors (Lipinski definition) is 6. The van der Waals surface area contributed by atoms with Crippen molar-refractivity contribution in [3.05, 3.63) is 0 Å². The van der Waals surface area contributed by atoms with Crippen molar-refractivity contribution < 1.29 is 27.9 Å². The third-order valence-electron chi connectivity index (χ3n) is 5.62. The minimum absolute atomic E-state index is 0.184. The molecule has 6 nitrogen and oxygen atoms in total. The lowest BCUT2D eigenvalue weighted by atomic mass is 9.83. The second-order valence-electron chi connectivity index (χ2n) is 7.83. The van der Waals surface area contributed by atoms with Gasteiger partial charge >= 0.3 is 13.6 Å². The van der Waals surface area contributed by atoms with Crippen molar-refractivity contribution in [2.45, 2.75) is 90.9 Å². The molecule has 0 heterocycles. The van der Waals surface area contributed by atoms with Crippen LogP contribution in [0.15, 0.2) is 0 Å². The van der Waals surface area contributed by atoms with Crippen LogP contribution in [-0.4, -0.2) is 39.2 Å². The molecule has 0 radical (unpaired) electrons. The number of methoxy groups -OCH3 is 1. The average molecular weight is 435 g/mol. The highest BCUT2D eigenvalue weighted by atomic mass is 31.2. The zero-order chi connectivity index (χ0) is 22.1. The fourth-order valence-electron chi connectivity index (χ4n) is 3.77. The lowest BCUT2D eigenvalue weighted by Crippen LogP contribution is -2.31. The summed E-state index contributed by atoms with van der Waals surface area (Å²) in [5.41, 5.74) is 0. The number of rotatable bonds is 19. The molecule has 0 aromatic rings. The van der Waals surface area contributed by atoms with Gasteiger partial charge in [0.15, 0.2) is 0 Å². The Morgan fingerprint density at radius 3 is 1.69 bits per heavy atom. The van der Waals surface area contributed by atoms with Gasteiger partial charge in [-0.3, -0.25) is 14.2 Å². The number of hydrogen-bond donors (Lipinski definition) is 0. The molecule has 0 aliphatic rings. The van der Waals surface area contributed by atoms with Crippen LogP contribution in [0.5, 0.6) is 0 Å². The van der Waals surface area contributed by atoms with Gasteiger partial charge in [-0.2, -0.15) is 0 Å². The first-order valence-electron chi connectivity index (χ1n) is 11.1. The van der Waals surface area contributed by atoms with Crippen molar-refractivity contribution >= 4 is 19.3 Å². The average Bonchev–Trinajstić information content (AvgIpc) is 2.72. The van der Waals surface area contributed by atoms with E-state index < -0.39 is 19.5 Å². The fourth-order valence-corrected chi connectivity index (χ4v) is 4.93. The quantitative estimate of drug-likeness (QED) is 0.105. The molecule has 0 aliphatic heterocycles. The number of carbonyl (C=O) groups is 2. The molecule has 172 valence electrons. The maximum absolute atomic E-state index is 12.4. The molecule has 0 aromatic heterocycles. The van der Waals surface area contributed by atoms with Crippen molar-refractivity contribution in [3.8, 4) is 0 Å². The van der Waals surface area contributed by atoms with Crippen molar-refractivity contribution in [2.24, 2.45) is 11.8 Å². The summed E-state index contributed by atoms with van der Waals surface area (Å²) in [7, 11) is 0.827. The van der Waals surface area contributed by atoms with Gasteiger partial charge in [0.25, 0.3) is 0 Å². The molecule has 0 aromatic carbocycles. The standard InChI is InChI=1S/C22H43O6P/c1-6-7-8-9-10-11-12-13-14-15-16-20(17-18-29(25,27-4)28-5)21(19(2)23)22(24)26-3/h20-21H,6-18H2,1-5H3. The summed E-state index contributed by atoms with van der Waals surface area (Å²) in [6, 6.07) is 0. The van der Waals surface area contributed by atoms with Crippen molar-refractivity contribution in [3.63, 3.8) is 0 Å². The molecule has 0 saturated carbocycles. The lowest BCUT2D eigenvalue weighted by Gasteiger charge is -2.24. The van der Waals surface area contributed by atoms with E-state index in [9.17, 15) is 14.2 Å². The Morgan fingerprint density at radius 1 is 0.793 bits per heavy atom. The summed E-state index contributed by atoms with van der Waals surface area (Å²) >= 11 is 0. The summed E-state index contributed by atoms with van der Waals surface area (Å²) in [6.07, 6.45) is 13.6. The highest BCUT2D eigenvalue weighted by Gasteiger charge is 2.35. The van der Waals surface area contributed by atoms with E-state index in [0.717, 1.165) is 25.7 Å². The molecule has 0 amide bonds. The molecule has 0 fully saturated rings. The number of ether oxygens (including phenoxy) is 1. The van der Waals surface area contributed by atoms with Crippen LogP contribution in [-0.2, 0) is 27.9 Å². The van der Waals surface area contributed by atoms with Crippen LogP contribution in [0.3, 0.4) is 0 Å². The molecule has 2 atom stereocenters. The molecule has 29 heavy (non-hydrogen) atoms. The molecule has 0 spiro atoms. The smallest absolute Gasteiger partial charge is 0.330 e. The number of unbranched alkanes of at least 4 members (excludes halogenated alkanes) is 9. The molecule has 0 N–H and O–H groups in total. The molecular weight excluding hydrogens is 391 g/mol. The van der Waals surface area contributed by atoms with Gasteiger partial charge in [0.1, 0.15) is 11.7 Å². The van der Waals surface area contributed by atoms with E-state index in [2.05, 4.69) is 6.92 Å². The Balaban J connectivity index is 4.54. The zero-order valence-electron chi connectivity index (χ0n) is 19.2. The van der Waals surface area contributed by atoms with Crippen LogP contribution < -0.4 is 0 Å². The van der Waals surface area contributed by atoms with Crippen molar-refractivity contribution in [2.75, 3.05) is 27.5 Å². The number of ketones is 1. The normalized spacial score (nSPS) is 13.8. The van der Waals surface area contributed by atoms with Crippen molar-refractivity contribution in [1.29, 1.82) is 0 Å². The monoisotopic (exact) mass is 434 g/mol. The highest BCUT2D eigenvalue weighted by Crippen LogP contribution is 2.48. The second-order valence-corrected chi connectivity index (χ2v) is 10.2. The maximum Gasteiger partial charge on any atom is 0.330 e. The molecule has 7 heteroatoms. The van der Waals surface area contributed by atoms with E-state index in [1.807, 2.05) is 0 Å². The zero-order valence-corrected chi connectivity index (χ0v) is 20.1. The summed E-state index contributed by atoms with van der Waals surface area (Å²) in [4.78, 5) is 24.3. The SMILES string of the molecule is CCCCCCCCCCCCC(CCP(=O)(OC)OC)C(C(C)=O)C(=O)OC. The van der Waals surface area contributed by atoms with Gasteiger partial charge < -0.3 is 13.8 Å². The van der Waals surface area contributed by atoms with Crippen LogP contribution in [0.1, 0.15) is 90.9 Å². The Kier molecular flexibility index (Phi) is 16.6. The van der Waals surface area contributed by atoms with Gasteiger partial charge in [0.2, 0.25) is 0 Å². The third kappa shape index (κ3) is 12.6. The van der Waals surface area contributed by atoms with Gasteiger partial charge in [-0.15, -0.1) is 0 Å². The lowest BCUT2D eigenvalue weighted by molar-refractivity contribution is -0.151. The number of esters is 1. The third-order valence-corrected chi connectivity index (χ3v) is 7.54. The summed E-state index contributed by atoms with van der Waals surface area (Å²) in [6.45, 7) is 3.65. The van der Waals surface area contributed by atoms with E-state index >= 15 is 0 Å². The summed E-state index contributed by atoms with van der Waals surface area (Å²) in [5, 5.41) is 0. The van der Waals surface area contributed by atoms with E-state index in [4.69, 9.17) is 13.8 Å². The van der Waals surface area contributed by atoms with Crippen LogP contribution in [0.4, 0.5) is 0 Å². The van der Waals surface area contributed by atoms with E-state index in [1.54, 1.807) is 0 Å². The Bertz CT molecular complexity index is 486. The molecule has 0 rings (SSSR count). The predicted molar refractivity (Wildman–Crippen MR) is 117 cm³/mol. The molecule has 0 saturated heterocycles. The minimum Gasteiger partial charge on any atom is -0.468 e. The molecule has 0 aliphatic carbocycles. The van der Waals surface area contributed by atoms with Crippen LogP contribution >= 0.6 is 7.60 Å². The summed E-state index contributed by atoms with van der Waals surface area (Å²) < 4.78 is 27.2. The minimum atomic E-state index is -3.17. The first kappa shape index (κ1) is 28.3. The number of Topliss-reactive ketones (excluding diaryl/α,β-unsaturated/α-hetero) is 1. The van der Waals surface area contributed by atoms with Crippen LogP contribution in [0.25, 0.3) is 0 Å². The highest BCUT2D eigenvalue weighted by molar-refractivity contribution is 7.53. The van der Waals surface area contributed by atoms with Crippen molar-refractivity contribution in [1.82, 2.24) is 0 Å². The summed E-state index contributed by atoms with van der Waals surface area (Å²) in [5.74, 6) is -1.76. The van der Waals surface area contributed by atoms with Crippen LogP contribution in [0, 0.1) is 11.8 Å². The van der Waals surface area contributed by atoms with E-state index in [1.165, 1.54) is 73.2 Å². The fraction of sp³-hybridized carbons (Fsp3) is 0.909. The number of carbonyl (C=O) groups excluding carboxylic acids is 2. The molecule has 2 unspecified atom stereocenters. The first-order chi connectivity index (χ1) is 13.8. The largest absolute Gasteiger partial charge is 0.468 e. The Hall–Kier alpha value is -0.710. The van der Waals surface area contributed by atoms with E-state index in [-0.39, 0.29) is 17.9 Å². The van der Waals surface area contributed by atoms with Gasteiger partial charge in [-0.05, 0) is 25.7 Å². The maximum atomic E-state index is 12.4. The van der Waals surface area contributed by atoms with Crippen LogP contribution in [0.2, 0.25) is 0 Å². The van der Waals surface area contributed by atoms with Gasteiger partial charge in [-0.1, -0.05) is 71.1 Å². The Labute approximate surface area is 178 Å². The molecular formula is C22H43O6P. The molecule has 0 bridgehead atoms. The van der Waals surface area contributed by atoms with E-state index in [0.29, 0.717) is 6.42 Å². The Morgan fingerprint density at radius 2 is 1.28 bits per heavy atom. The predicted octanol–water partition coefficient (Wildman–Crippen LogP) is 6.17. The first-order valence-corrected chi connectivity index (χ1v) is 12.9. The van der Waals surface area contributed by atoms with Gasteiger partial charge in [0.05, 0.1) is 13.3 Å². The second kappa shape index (κ2) is 17.0.